The Morgan fingerprint density at radius 3 is 2.88 bits per heavy atom. The third-order valence-corrected chi connectivity index (χ3v) is 3.39. The zero-order valence-electron chi connectivity index (χ0n) is 10.0. The molecule has 0 amide bonds. The lowest BCUT2D eigenvalue weighted by atomic mass is 10.2. The summed E-state index contributed by atoms with van der Waals surface area (Å²) in [4.78, 5) is 8.78. The molecular formula is C12H15ClN4. The highest BCUT2D eigenvalue weighted by Crippen LogP contribution is 2.20. The third-order valence-electron chi connectivity index (χ3n) is 3.19. The maximum absolute atomic E-state index is 8.92. The summed E-state index contributed by atoms with van der Waals surface area (Å²) in [5, 5.41) is 9.30. The fourth-order valence-electron chi connectivity index (χ4n) is 1.97. The molecule has 0 spiro atoms. The number of halogens is 1. The van der Waals surface area contributed by atoms with Gasteiger partial charge in [0, 0.05) is 25.7 Å². The Kier molecular flexibility index (Phi) is 3.51. The first-order valence-electron chi connectivity index (χ1n) is 5.63. The molecule has 2 heterocycles. The summed E-state index contributed by atoms with van der Waals surface area (Å²) in [6.45, 7) is 5.01. The van der Waals surface area contributed by atoms with Gasteiger partial charge in [-0.3, -0.25) is 0 Å². The van der Waals surface area contributed by atoms with Gasteiger partial charge in [0.15, 0.2) is 0 Å². The van der Waals surface area contributed by atoms with Crippen LogP contribution in [0.4, 0.5) is 5.82 Å². The molecule has 17 heavy (non-hydrogen) atoms. The van der Waals surface area contributed by atoms with E-state index in [0.717, 1.165) is 25.5 Å². The van der Waals surface area contributed by atoms with Crippen molar-refractivity contribution in [2.45, 2.75) is 13.0 Å². The molecule has 90 valence electrons. The SMILES string of the molecule is CC1CN(c2cc(C#N)cc(Cl)n2)CCN1C. The van der Waals surface area contributed by atoms with Gasteiger partial charge in [0.2, 0.25) is 0 Å². The topological polar surface area (TPSA) is 43.2 Å². The summed E-state index contributed by atoms with van der Waals surface area (Å²) < 4.78 is 0. The number of hydrogen-bond donors (Lipinski definition) is 0. The van der Waals surface area contributed by atoms with Crippen LogP contribution in [0.5, 0.6) is 0 Å². The van der Waals surface area contributed by atoms with E-state index in [9.17, 15) is 0 Å². The van der Waals surface area contributed by atoms with Crippen molar-refractivity contribution in [3.63, 3.8) is 0 Å². The standard InChI is InChI=1S/C12H15ClN4/c1-9-8-17(4-3-16(9)2)12-6-10(7-14)5-11(13)15-12/h5-6,9H,3-4,8H2,1-2H3. The van der Waals surface area contributed by atoms with Crippen LogP contribution < -0.4 is 4.90 Å². The first-order valence-corrected chi connectivity index (χ1v) is 6.01. The van der Waals surface area contributed by atoms with E-state index in [1.54, 1.807) is 12.1 Å². The van der Waals surface area contributed by atoms with Gasteiger partial charge in [0.1, 0.15) is 11.0 Å². The van der Waals surface area contributed by atoms with Crippen molar-refractivity contribution in [2.75, 3.05) is 31.6 Å². The lowest BCUT2D eigenvalue weighted by Gasteiger charge is -2.38. The van der Waals surface area contributed by atoms with Gasteiger partial charge in [0.25, 0.3) is 0 Å². The van der Waals surface area contributed by atoms with Gasteiger partial charge in [-0.2, -0.15) is 5.26 Å². The minimum absolute atomic E-state index is 0.380. The Bertz CT molecular complexity index is 454. The molecule has 0 saturated carbocycles. The molecule has 1 aliphatic heterocycles. The van der Waals surface area contributed by atoms with Gasteiger partial charge < -0.3 is 9.80 Å². The van der Waals surface area contributed by atoms with E-state index in [1.165, 1.54) is 0 Å². The molecule has 1 aromatic heterocycles. The summed E-state index contributed by atoms with van der Waals surface area (Å²) in [6.07, 6.45) is 0. The first-order chi connectivity index (χ1) is 8.10. The molecule has 1 aromatic rings. The predicted octanol–water partition coefficient (Wildman–Crippen LogP) is 1.75. The smallest absolute Gasteiger partial charge is 0.132 e. The number of likely N-dealkylation sites (N-methyl/N-ethyl adjacent to an activating group) is 1. The fraction of sp³-hybridized carbons (Fsp3) is 0.500. The Morgan fingerprint density at radius 1 is 1.47 bits per heavy atom. The zero-order valence-corrected chi connectivity index (χ0v) is 10.8. The van der Waals surface area contributed by atoms with Crippen molar-refractivity contribution >= 4 is 17.4 Å². The van der Waals surface area contributed by atoms with E-state index < -0.39 is 0 Å². The van der Waals surface area contributed by atoms with Gasteiger partial charge in [-0.05, 0) is 26.1 Å². The number of anilines is 1. The minimum atomic E-state index is 0.380. The van der Waals surface area contributed by atoms with Gasteiger partial charge in [-0.1, -0.05) is 11.6 Å². The third kappa shape index (κ3) is 2.68. The molecule has 2 rings (SSSR count). The molecule has 1 aliphatic rings. The summed E-state index contributed by atoms with van der Waals surface area (Å²) in [5.41, 5.74) is 0.562. The van der Waals surface area contributed by atoms with Crippen molar-refractivity contribution < 1.29 is 0 Å². The molecule has 0 aromatic carbocycles. The van der Waals surface area contributed by atoms with Crippen molar-refractivity contribution in [1.82, 2.24) is 9.88 Å². The summed E-state index contributed by atoms with van der Waals surface area (Å²) in [6, 6.07) is 5.97. The number of hydrogen-bond acceptors (Lipinski definition) is 4. The second kappa shape index (κ2) is 4.91. The highest BCUT2D eigenvalue weighted by atomic mass is 35.5. The predicted molar refractivity (Wildman–Crippen MR) is 68.3 cm³/mol. The van der Waals surface area contributed by atoms with Crippen LogP contribution >= 0.6 is 11.6 Å². The van der Waals surface area contributed by atoms with Crippen LogP contribution in [0, 0.1) is 11.3 Å². The first kappa shape index (κ1) is 12.2. The van der Waals surface area contributed by atoms with Crippen LogP contribution in [-0.4, -0.2) is 42.6 Å². The molecule has 1 saturated heterocycles. The van der Waals surface area contributed by atoms with E-state index >= 15 is 0 Å². The zero-order chi connectivity index (χ0) is 12.4. The van der Waals surface area contributed by atoms with Crippen LogP contribution in [0.3, 0.4) is 0 Å². The van der Waals surface area contributed by atoms with Crippen molar-refractivity contribution in [1.29, 1.82) is 5.26 Å². The molecule has 0 N–H and O–H groups in total. The van der Waals surface area contributed by atoms with Crippen LogP contribution in [0.15, 0.2) is 12.1 Å². The monoisotopic (exact) mass is 250 g/mol. The maximum Gasteiger partial charge on any atom is 0.132 e. The number of aromatic nitrogens is 1. The molecular weight excluding hydrogens is 236 g/mol. The number of pyridine rings is 1. The summed E-state index contributed by atoms with van der Waals surface area (Å²) in [5.74, 6) is 0.800. The number of piperazine rings is 1. The largest absolute Gasteiger partial charge is 0.354 e. The number of nitriles is 1. The minimum Gasteiger partial charge on any atom is -0.354 e. The fourth-order valence-corrected chi connectivity index (χ4v) is 2.17. The summed E-state index contributed by atoms with van der Waals surface area (Å²) in [7, 11) is 2.12. The Balaban J connectivity index is 2.23. The highest BCUT2D eigenvalue weighted by molar-refractivity contribution is 6.29. The van der Waals surface area contributed by atoms with E-state index in [-0.39, 0.29) is 0 Å². The highest BCUT2D eigenvalue weighted by Gasteiger charge is 2.21. The van der Waals surface area contributed by atoms with Crippen LogP contribution in [0.2, 0.25) is 5.15 Å². The van der Waals surface area contributed by atoms with E-state index in [0.29, 0.717) is 16.8 Å². The molecule has 4 nitrogen and oxygen atoms in total. The lowest BCUT2D eigenvalue weighted by Crippen LogP contribution is -2.50. The van der Waals surface area contributed by atoms with Crippen LogP contribution in [0.25, 0.3) is 0 Å². The van der Waals surface area contributed by atoms with Gasteiger partial charge >= 0.3 is 0 Å². The van der Waals surface area contributed by atoms with Gasteiger partial charge in [-0.15, -0.1) is 0 Å². The Labute approximate surface area is 106 Å². The van der Waals surface area contributed by atoms with E-state index in [4.69, 9.17) is 16.9 Å². The number of rotatable bonds is 1. The van der Waals surface area contributed by atoms with Crippen molar-refractivity contribution in [3.8, 4) is 6.07 Å². The lowest BCUT2D eigenvalue weighted by molar-refractivity contribution is 0.233. The van der Waals surface area contributed by atoms with Gasteiger partial charge in [0.05, 0.1) is 11.6 Å². The van der Waals surface area contributed by atoms with E-state index in [1.807, 2.05) is 0 Å². The van der Waals surface area contributed by atoms with Crippen LogP contribution in [-0.2, 0) is 0 Å². The maximum atomic E-state index is 8.92. The average molecular weight is 251 g/mol. The summed E-state index contributed by atoms with van der Waals surface area (Å²) >= 11 is 5.91. The molecule has 1 unspecified atom stereocenters. The van der Waals surface area contributed by atoms with Crippen LogP contribution in [0.1, 0.15) is 12.5 Å². The molecule has 0 radical (unpaired) electrons. The Morgan fingerprint density at radius 2 is 2.24 bits per heavy atom. The van der Waals surface area contributed by atoms with Gasteiger partial charge in [-0.25, -0.2) is 4.98 Å². The normalized spacial score (nSPS) is 21.3. The number of nitrogens with zero attached hydrogens (tertiary/aromatic N) is 4. The van der Waals surface area contributed by atoms with E-state index in [2.05, 4.69) is 34.8 Å². The molecule has 1 fully saturated rings. The molecule has 1 atom stereocenters. The van der Waals surface area contributed by atoms with Crippen molar-refractivity contribution in [3.05, 3.63) is 22.8 Å². The van der Waals surface area contributed by atoms with Crippen molar-refractivity contribution in [2.24, 2.45) is 0 Å². The second-order valence-corrected chi connectivity index (χ2v) is 4.81. The quantitative estimate of drug-likeness (QED) is 0.713. The average Bonchev–Trinajstić information content (AvgIpc) is 2.32. The molecule has 0 aliphatic carbocycles. The molecule has 5 heteroatoms. The molecule has 0 bridgehead atoms. The second-order valence-electron chi connectivity index (χ2n) is 4.42. The Hall–Kier alpha value is -1.31.